The molecule has 20 heavy (non-hydrogen) atoms. The number of esters is 1. The zero-order chi connectivity index (χ0) is 15.1. The molecule has 0 aromatic heterocycles. The summed E-state index contributed by atoms with van der Waals surface area (Å²) in [5, 5.41) is 11.0. The van der Waals surface area contributed by atoms with Crippen LogP contribution in [0.3, 0.4) is 0 Å². The fourth-order valence-electron chi connectivity index (χ4n) is 1.44. The maximum absolute atomic E-state index is 11.2. The van der Waals surface area contributed by atoms with Gasteiger partial charge in [0.05, 0.1) is 18.6 Å². The molecule has 0 spiro atoms. The van der Waals surface area contributed by atoms with Gasteiger partial charge in [-0.15, -0.1) is 0 Å². The molecule has 0 saturated heterocycles. The minimum absolute atomic E-state index is 0.00871. The second-order valence-electron chi connectivity index (χ2n) is 3.54. The van der Waals surface area contributed by atoms with Crippen molar-refractivity contribution in [1.29, 1.82) is 0 Å². The first kappa shape index (κ1) is 15.4. The Labute approximate surface area is 114 Å². The van der Waals surface area contributed by atoms with Crippen molar-refractivity contribution in [2.24, 2.45) is 0 Å². The van der Waals surface area contributed by atoms with Crippen LogP contribution in [0.2, 0.25) is 0 Å². The summed E-state index contributed by atoms with van der Waals surface area (Å²) < 4.78 is 14.7. The lowest BCUT2D eigenvalue weighted by Gasteiger charge is -2.11. The summed E-state index contributed by atoms with van der Waals surface area (Å²) in [6, 6.07) is 2.32. The van der Waals surface area contributed by atoms with E-state index in [4.69, 9.17) is 9.47 Å². The molecule has 1 aromatic rings. The lowest BCUT2D eigenvalue weighted by atomic mass is 10.2. The first-order valence-electron chi connectivity index (χ1n) is 5.63. The standard InChI is InChI=1S/C12H13NO7/c1-3-19-11(15)7-20-12-9(13(16)17)4-8(6-14)5-10(12)18-2/h4-6H,3,7H2,1-2H3. The van der Waals surface area contributed by atoms with Gasteiger partial charge in [-0.1, -0.05) is 0 Å². The molecule has 0 bridgehead atoms. The van der Waals surface area contributed by atoms with Gasteiger partial charge >= 0.3 is 11.7 Å². The Bertz CT molecular complexity index is 527. The lowest BCUT2D eigenvalue weighted by Crippen LogP contribution is -2.15. The second-order valence-corrected chi connectivity index (χ2v) is 3.54. The molecule has 0 unspecified atom stereocenters. The molecule has 1 aromatic carbocycles. The number of carbonyl (C=O) groups excluding carboxylic acids is 2. The lowest BCUT2D eigenvalue weighted by molar-refractivity contribution is -0.385. The quantitative estimate of drug-likeness (QED) is 0.322. The van der Waals surface area contributed by atoms with E-state index < -0.39 is 23.2 Å². The number of hydrogen-bond donors (Lipinski definition) is 0. The molecule has 0 heterocycles. The van der Waals surface area contributed by atoms with E-state index in [1.807, 2.05) is 0 Å². The SMILES string of the molecule is CCOC(=O)COc1c(OC)cc(C=O)cc1[N+](=O)[O-]. The average Bonchev–Trinajstić information content (AvgIpc) is 2.44. The van der Waals surface area contributed by atoms with E-state index >= 15 is 0 Å². The molecule has 0 radical (unpaired) electrons. The number of nitro benzene ring substituents is 1. The van der Waals surface area contributed by atoms with Crippen LogP contribution in [-0.4, -0.2) is 37.5 Å². The Balaban J connectivity index is 3.11. The molecule has 0 atom stereocenters. The molecular formula is C12H13NO7. The summed E-state index contributed by atoms with van der Waals surface area (Å²) in [7, 11) is 1.27. The van der Waals surface area contributed by atoms with Crippen LogP contribution in [0.5, 0.6) is 11.5 Å². The minimum Gasteiger partial charge on any atom is -0.493 e. The van der Waals surface area contributed by atoms with Crippen LogP contribution in [0.4, 0.5) is 5.69 Å². The Morgan fingerprint density at radius 3 is 2.65 bits per heavy atom. The van der Waals surface area contributed by atoms with Crippen LogP contribution in [0, 0.1) is 10.1 Å². The van der Waals surface area contributed by atoms with Gasteiger partial charge in [-0.25, -0.2) is 4.79 Å². The highest BCUT2D eigenvalue weighted by Gasteiger charge is 2.23. The summed E-state index contributed by atoms with van der Waals surface area (Å²) in [4.78, 5) is 32.2. The molecule has 0 aliphatic rings. The maximum atomic E-state index is 11.2. The van der Waals surface area contributed by atoms with Gasteiger partial charge in [0.25, 0.3) is 0 Å². The number of methoxy groups -OCH3 is 1. The van der Waals surface area contributed by atoms with Gasteiger partial charge in [0.2, 0.25) is 5.75 Å². The van der Waals surface area contributed by atoms with Gasteiger partial charge in [-0.3, -0.25) is 14.9 Å². The van der Waals surface area contributed by atoms with Crippen molar-refractivity contribution in [3.8, 4) is 11.5 Å². The number of ether oxygens (including phenoxy) is 3. The summed E-state index contributed by atoms with van der Waals surface area (Å²) in [6.45, 7) is 1.30. The number of hydrogen-bond acceptors (Lipinski definition) is 7. The Morgan fingerprint density at radius 1 is 1.45 bits per heavy atom. The zero-order valence-electron chi connectivity index (χ0n) is 11.0. The number of benzene rings is 1. The average molecular weight is 283 g/mol. The Morgan fingerprint density at radius 2 is 2.15 bits per heavy atom. The van der Waals surface area contributed by atoms with Crippen LogP contribution in [0.25, 0.3) is 0 Å². The topological polar surface area (TPSA) is 105 Å². The van der Waals surface area contributed by atoms with E-state index in [-0.39, 0.29) is 23.7 Å². The predicted octanol–water partition coefficient (Wildman–Crippen LogP) is 1.36. The van der Waals surface area contributed by atoms with E-state index in [0.717, 1.165) is 6.07 Å². The van der Waals surface area contributed by atoms with Crippen LogP contribution < -0.4 is 9.47 Å². The molecule has 0 amide bonds. The van der Waals surface area contributed by atoms with Crippen LogP contribution >= 0.6 is 0 Å². The van der Waals surface area contributed by atoms with Crippen molar-refractivity contribution in [3.63, 3.8) is 0 Å². The largest absolute Gasteiger partial charge is 0.493 e. The normalized spacial score (nSPS) is 9.70. The van der Waals surface area contributed by atoms with E-state index in [9.17, 15) is 19.7 Å². The highest BCUT2D eigenvalue weighted by molar-refractivity contribution is 5.79. The van der Waals surface area contributed by atoms with Crippen LogP contribution in [0.15, 0.2) is 12.1 Å². The summed E-state index contributed by atoms with van der Waals surface area (Å²) in [5.74, 6) is -0.898. The summed E-state index contributed by atoms with van der Waals surface area (Å²) in [5.41, 5.74) is -0.396. The number of aldehydes is 1. The third-order valence-electron chi connectivity index (χ3n) is 2.25. The van der Waals surface area contributed by atoms with E-state index in [1.54, 1.807) is 6.92 Å². The second kappa shape index (κ2) is 7.07. The van der Waals surface area contributed by atoms with Gasteiger partial charge in [0.1, 0.15) is 6.29 Å². The van der Waals surface area contributed by atoms with E-state index in [0.29, 0.717) is 6.29 Å². The van der Waals surface area contributed by atoms with Gasteiger partial charge in [-0.05, 0) is 13.0 Å². The molecule has 8 nitrogen and oxygen atoms in total. The maximum Gasteiger partial charge on any atom is 0.344 e. The van der Waals surface area contributed by atoms with Crippen molar-refractivity contribution in [3.05, 3.63) is 27.8 Å². The van der Waals surface area contributed by atoms with Crippen LogP contribution in [0.1, 0.15) is 17.3 Å². The number of nitrogens with zero attached hydrogens (tertiary/aromatic N) is 1. The van der Waals surface area contributed by atoms with Gasteiger partial charge in [0.15, 0.2) is 12.4 Å². The van der Waals surface area contributed by atoms with Gasteiger partial charge < -0.3 is 14.2 Å². The highest BCUT2D eigenvalue weighted by Crippen LogP contribution is 2.37. The molecule has 8 heteroatoms. The molecule has 0 saturated carbocycles. The predicted molar refractivity (Wildman–Crippen MR) is 67.2 cm³/mol. The summed E-state index contributed by atoms with van der Waals surface area (Å²) >= 11 is 0. The molecule has 108 valence electrons. The number of rotatable bonds is 7. The third-order valence-corrected chi connectivity index (χ3v) is 2.25. The van der Waals surface area contributed by atoms with Crippen molar-refractivity contribution in [2.75, 3.05) is 20.3 Å². The van der Waals surface area contributed by atoms with Crippen molar-refractivity contribution in [1.82, 2.24) is 0 Å². The monoisotopic (exact) mass is 283 g/mol. The number of carbonyl (C=O) groups is 2. The van der Waals surface area contributed by atoms with Crippen molar-refractivity contribution in [2.45, 2.75) is 6.92 Å². The molecule has 0 N–H and O–H groups in total. The fraction of sp³-hybridized carbons (Fsp3) is 0.333. The molecular weight excluding hydrogens is 270 g/mol. The smallest absolute Gasteiger partial charge is 0.344 e. The number of nitro groups is 1. The first-order chi connectivity index (χ1) is 9.53. The van der Waals surface area contributed by atoms with Gasteiger partial charge in [0, 0.05) is 11.6 Å². The highest BCUT2D eigenvalue weighted by atomic mass is 16.6. The van der Waals surface area contributed by atoms with E-state index in [1.165, 1.54) is 13.2 Å². The summed E-state index contributed by atoms with van der Waals surface area (Å²) in [6.07, 6.45) is 0.449. The van der Waals surface area contributed by atoms with E-state index in [2.05, 4.69) is 4.74 Å². The minimum atomic E-state index is -0.726. The zero-order valence-corrected chi connectivity index (χ0v) is 11.0. The van der Waals surface area contributed by atoms with Crippen LogP contribution in [-0.2, 0) is 9.53 Å². The first-order valence-corrected chi connectivity index (χ1v) is 5.63. The molecule has 0 aliphatic carbocycles. The molecule has 0 fully saturated rings. The van der Waals surface area contributed by atoms with Crippen molar-refractivity contribution >= 4 is 17.9 Å². The molecule has 1 rings (SSSR count). The Hall–Kier alpha value is -2.64. The Kier molecular flexibility index (Phi) is 5.45. The van der Waals surface area contributed by atoms with Crippen molar-refractivity contribution < 1.29 is 28.7 Å². The van der Waals surface area contributed by atoms with Gasteiger partial charge in [-0.2, -0.15) is 0 Å². The third kappa shape index (κ3) is 3.67. The molecule has 0 aliphatic heterocycles. The fourth-order valence-corrected chi connectivity index (χ4v) is 1.44.